The normalized spacial score (nSPS) is 15.5. The highest BCUT2D eigenvalue weighted by molar-refractivity contribution is 8.45. The zero-order valence-corrected chi connectivity index (χ0v) is 45.1. The van der Waals surface area contributed by atoms with E-state index in [4.69, 9.17) is 0 Å². The Kier molecular flexibility index (Phi) is 39.4. The summed E-state index contributed by atoms with van der Waals surface area (Å²) in [6, 6.07) is 0. The highest BCUT2D eigenvalue weighted by Crippen LogP contribution is 2.65. The van der Waals surface area contributed by atoms with Crippen LogP contribution in [0.2, 0.25) is 0 Å². The van der Waals surface area contributed by atoms with Gasteiger partial charge in [0, 0.05) is 13.1 Å². The summed E-state index contributed by atoms with van der Waals surface area (Å²) in [4.78, 5) is 25.4. The quantitative estimate of drug-likeness (QED) is 0.0579. The highest BCUT2D eigenvalue weighted by Gasteiger charge is 2.30. The van der Waals surface area contributed by atoms with Crippen molar-refractivity contribution in [2.45, 2.75) is 219 Å². The van der Waals surface area contributed by atoms with E-state index < -0.39 is 0 Å². The van der Waals surface area contributed by atoms with Crippen LogP contribution < -0.4 is 10.6 Å². The fourth-order valence-electron chi connectivity index (χ4n) is 7.30. The number of hydrogen-bond donors (Lipinski definition) is 2. The Balaban J connectivity index is 1.48. The second-order valence-electron chi connectivity index (χ2n) is 16.4. The molecule has 2 heterocycles. The van der Waals surface area contributed by atoms with Crippen LogP contribution in [0.3, 0.4) is 0 Å². The molecule has 0 atom stereocenters. The molecule has 0 saturated heterocycles. The highest BCUT2D eigenvalue weighted by atomic mass is 32.3. The fraction of sp³-hybridized carbons (Fsp3) is 0.833. The lowest BCUT2D eigenvalue weighted by Gasteiger charge is -2.07. The van der Waals surface area contributed by atoms with Gasteiger partial charge in [-0.2, -0.15) is 0 Å². The van der Waals surface area contributed by atoms with Crippen molar-refractivity contribution in [2.24, 2.45) is 0 Å². The van der Waals surface area contributed by atoms with E-state index in [1.807, 2.05) is 47.0 Å². The van der Waals surface area contributed by atoms with Crippen molar-refractivity contribution in [3.63, 3.8) is 0 Å². The van der Waals surface area contributed by atoms with Gasteiger partial charge in [-0.1, -0.05) is 254 Å². The number of carbonyl (C=O) groups excluding carboxylic acids is 2. The fourth-order valence-corrected chi connectivity index (χ4v) is 18.1. The Bertz CT molecular complexity index is 1120. The summed E-state index contributed by atoms with van der Waals surface area (Å²) in [5.74, 6) is 1.23. The molecule has 2 N–H and O–H groups in total. The van der Waals surface area contributed by atoms with Gasteiger partial charge in [-0.05, 0) is 25.4 Å². The molecule has 0 spiro atoms. The topological polar surface area (TPSA) is 58.2 Å². The Morgan fingerprint density at radius 2 is 0.600 bits per heavy atom. The van der Waals surface area contributed by atoms with Crippen LogP contribution in [-0.2, 0) is 9.59 Å². The number of amides is 2. The van der Waals surface area contributed by atoms with Gasteiger partial charge in [-0.3, -0.25) is 9.59 Å². The molecule has 348 valence electrons. The van der Waals surface area contributed by atoms with Crippen molar-refractivity contribution in [3.05, 3.63) is 25.4 Å². The van der Waals surface area contributed by atoms with E-state index in [0.29, 0.717) is 11.5 Å². The molecule has 2 aliphatic heterocycles. The lowest BCUT2D eigenvalue weighted by Crippen LogP contribution is -2.26. The molecule has 4 nitrogen and oxygen atoms in total. The van der Waals surface area contributed by atoms with Crippen molar-refractivity contribution in [1.82, 2.24) is 10.6 Å². The molecule has 0 aromatic rings. The number of rotatable bonds is 42. The molecule has 2 amide bonds. The van der Waals surface area contributed by atoms with E-state index in [1.54, 1.807) is 47.0 Å². The first-order valence-electron chi connectivity index (χ1n) is 24.3. The molecular formula is C48H86N2O2S8. The minimum atomic E-state index is 0.142. The van der Waals surface area contributed by atoms with Crippen molar-refractivity contribution in [3.8, 4) is 0 Å². The number of hydrogen-bond acceptors (Lipinski definition) is 10. The minimum Gasteiger partial charge on any atom is -0.355 e. The summed E-state index contributed by atoms with van der Waals surface area (Å²) in [5.41, 5.74) is 0. The molecule has 2 aliphatic rings. The van der Waals surface area contributed by atoms with E-state index in [1.165, 1.54) is 218 Å². The largest absolute Gasteiger partial charge is 0.355 e. The Morgan fingerprint density at radius 1 is 0.367 bits per heavy atom. The zero-order valence-electron chi connectivity index (χ0n) is 38.5. The van der Waals surface area contributed by atoms with Gasteiger partial charge < -0.3 is 10.6 Å². The van der Waals surface area contributed by atoms with Crippen LogP contribution >= 0.6 is 94.1 Å². The second-order valence-corrected chi connectivity index (χ2v) is 25.7. The molecule has 0 fully saturated rings. The number of unbranched alkanes of at least 4 members (excludes halogenated alkanes) is 30. The summed E-state index contributed by atoms with van der Waals surface area (Å²) in [5, 5.41) is 6.34. The molecule has 12 heteroatoms. The molecule has 0 saturated carbocycles. The van der Waals surface area contributed by atoms with E-state index in [-0.39, 0.29) is 11.8 Å². The third kappa shape index (κ3) is 30.2. The summed E-state index contributed by atoms with van der Waals surface area (Å²) in [6.45, 7) is 6.16. The second kappa shape index (κ2) is 41.4. The van der Waals surface area contributed by atoms with Crippen LogP contribution in [0.4, 0.5) is 0 Å². The van der Waals surface area contributed by atoms with Gasteiger partial charge in [0.2, 0.25) is 11.8 Å². The van der Waals surface area contributed by atoms with Crippen LogP contribution in [0.25, 0.3) is 0 Å². The maximum absolute atomic E-state index is 12.7. The minimum absolute atomic E-state index is 0.142. The van der Waals surface area contributed by atoms with Crippen molar-refractivity contribution < 1.29 is 9.59 Å². The molecule has 0 bridgehead atoms. The number of nitrogens with one attached hydrogen (secondary N) is 2. The summed E-state index contributed by atoms with van der Waals surface area (Å²) >= 11 is 14.2. The maximum Gasteiger partial charge on any atom is 0.230 e. The first-order valence-corrected chi connectivity index (χ1v) is 32.0. The maximum atomic E-state index is 12.7. The first kappa shape index (κ1) is 57.1. The lowest BCUT2D eigenvalue weighted by molar-refractivity contribution is -0.119. The van der Waals surface area contributed by atoms with E-state index in [0.717, 1.165) is 25.9 Å². The lowest BCUT2D eigenvalue weighted by atomic mass is 10.0. The zero-order chi connectivity index (χ0) is 43.1. The van der Waals surface area contributed by atoms with Crippen LogP contribution in [0, 0.1) is 0 Å². The van der Waals surface area contributed by atoms with Crippen LogP contribution in [0.15, 0.2) is 25.4 Å². The van der Waals surface area contributed by atoms with Crippen molar-refractivity contribution in [1.29, 1.82) is 0 Å². The predicted octanol–water partition coefficient (Wildman–Crippen LogP) is 18.3. The molecule has 60 heavy (non-hydrogen) atoms. The van der Waals surface area contributed by atoms with Gasteiger partial charge in [0.1, 0.15) is 0 Å². The molecule has 0 unspecified atom stereocenters. The third-order valence-corrected chi connectivity index (χ3v) is 22.3. The van der Waals surface area contributed by atoms with Gasteiger partial charge in [-0.15, -0.1) is 47.0 Å². The summed E-state index contributed by atoms with van der Waals surface area (Å²) in [6.07, 6.45) is 47.9. The van der Waals surface area contributed by atoms with Crippen LogP contribution in [-0.4, -0.2) is 48.9 Å². The molecule has 0 radical (unpaired) electrons. The summed E-state index contributed by atoms with van der Waals surface area (Å²) < 4.78 is 7.68. The monoisotopic (exact) mass is 978 g/mol. The average molecular weight is 980 g/mol. The van der Waals surface area contributed by atoms with E-state index in [9.17, 15) is 9.59 Å². The Hall–Kier alpha value is 0.960. The van der Waals surface area contributed by atoms with Crippen molar-refractivity contribution in [2.75, 3.05) is 37.1 Å². The molecule has 0 aromatic carbocycles. The predicted molar refractivity (Wildman–Crippen MR) is 288 cm³/mol. The smallest absolute Gasteiger partial charge is 0.230 e. The van der Waals surface area contributed by atoms with Gasteiger partial charge in [0.15, 0.2) is 0 Å². The number of carbonyl (C=O) groups is 2. The Morgan fingerprint density at radius 3 is 0.850 bits per heavy atom. The SMILES string of the molecule is CCCCCCCCCCCCCCCCCCNC(=O)CSC1=C(SC)S/C(=C2/SC(SC)=C(SCC(=O)NCCCCCCCCCCCCCCCCCC)S2)S1. The average Bonchev–Trinajstić information content (AvgIpc) is 3.88. The van der Waals surface area contributed by atoms with Crippen molar-refractivity contribution >= 4 is 106 Å². The number of thioether (sulfide) groups is 8. The molecule has 2 rings (SSSR count). The molecule has 0 aliphatic carbocycles. The van der Waals surface area contributed by atoms with Crippen LogP contribution in [0.5, 0.6) is 0 Å². The Labute approximate surface area is 404 Å². The van der Waals surface area contributed by atoms with E-state index in [2.05, 4.69) is 37.0 Å². The van der Waals surface area contributed by atoms with Gasteiger partial charge in [-0.25, -0.2) is 0 Å². The molecule has 0 aromatic heterocycles. The van der Waals surface area contributed by atoms with Crippen LogP contribution in [0.1, 0.15) is 219 Å². The third-order valence-electron chi connectivity index (χ3n) is 11.0. The van der Waals surface area contributed by atoms with E-state index >= 15 is 0 Å². The summed E-state index contributed by atoms with van der Waals surface area (Å²) in [7, 11) is 0. The van der Waals surface area contributed by atoms with Gasteiger partial charge in [0.05, 0.1) is 36.9 Å². The first-order chi connectivity index (χ1) is 29.5. The molecular weight excluding hydrogens is 893 g/mol. The standard InChI is InChI=1S/C48H86N2O2S8/c1-5-7-9-11-13-15-17-19-21-23-25-27-29-31-33-35-37-49-41(51)39-55-45-43(53-3)57-47(59-45)48-58-44(54-4)46(60-48)56-40-42(52)50-38-36-34-32-30-28-26-24-22-20-18-16-14-12-10-8-6-2/h5-40H2,1-4H3,(H,49,51)(H,50,52)/b48-47+. The van der Waals surface area contributed by atoms with Gasteiger partial charge in [0.25, 0.3) is 0 Å². The van der Waals surface area contributed by atoms with Gasteiger partial charge >= 0.3 is 0 Å².